The maximum Gasteiger partial charge on any atom is 0.179 e. The van der Waals surface area contributed by atoms with Crippen molar-refractivity contribution in [3.8, 4) is 5.75 Å². The standard InChI is InChI=1S/C16H20N2O2/c1-10-15(13(19)9-17-11-7-8-11)12-5-4-6-14(20-3)16(12)18(10)2/h4-6,11,17H,7-9H2,1-3H3. The van der Waals surface area contributed by atoms with Crippen LogP contribution in [-0.4, -0.2) is 30.0 Å². The van der Waals surface area contributed by atoms with E-state index < -0.39 is 0 Å². The van der Waals surface area contributed by atoms with Crippen molar-refractivity contribution in [3.05, 3.63) is 29.5 Å². The van der Waals surface area contributed by atoms with Gasteiger partial charge in [0.2, 0.25) is 0 Å². The van der Waals surface area contributed by atoms with Gasteiger partial charge >= 0.3 is 0 Å². The van der Waals surface area contributed by atoms with Gasteiger partial charge in [0.15, 0.2) is 5.78 Å². The summed E-state index contributed by atoms with van der Waals surface area (Å²) in [6.07, 6.45) is 2.38. The van der Waals surface area contributed by atoms with Gasteiger partial charge in [0.05, 0.1) is 19.2 Å². The maximum absolute atomic E-state index is 12.5. The van der Waals surface area contributed by atoms with Crippen LogP contribution in [-0.2, 0) is 7.05 Å². The summed E-state index contributed by atoms with van der Waals surface area (Å²) < 4.78 is 7.46. The second-order valence-corrected chi connectivity index (χ2v) is 5.45. The molecule has 106 valence electrons. The van der Waals surface area contributed by atoms with Gasteiger partial charge < -0.3 is 14.6 Å². The first-order valence-electron chi connectivity index (χ1n) is 7.02. The highest BCUT2D eigenvalue weighted by Crippen LogP contribution is 2.32. The van der Waals surface area contributed by atoms with Crippen LogP contribution >= 0.6 is 0 Å². The highest BCUT2D eigenvalue weighted by atomic mass is 16.5. The van der Waals surface area contributed by atoms with Gasteiger partial charge in [-0.05, 0) is 25.8 Å². The number of fused-ring (bicyclic) bond motifs is 1. The number of para-hydroxylation sites is 1. The summed E-state index contributed by atoms with van der Waals surface area (Å²) in [6.45, 7) is 2.41. The fraction of sp³-hybridized carbons (Fsp3) is 0.438. The van der Waals surface area contributed by atoms with E-state index in [1.54, 1.807) is 7.11 Å². The Morgan fingerprint density at radius 3 is 2.85 bits per heavy atom. The Morgan fingerprint density at radius 1 is 1.45 bits per heavy atom. The molecule has 1 aliphatic carbocycles. The van der Waals surface area contributed by atoms with Gasteiger partial charge in [0.1, 0.15) is 5.75 Å². The molecule has 2 aromatic rings. The van der Waals surface area contributed by atoms with Crippen LogP contribution in [0.5, 0.6) is 5.75 Å². The molecule has 1 saturated carbocycles. The van der Waals surface area contributed by atoms with Crippen molar-refractivity contribution in [2.75, 3.05) is 13.7 Å². The first-order valence-corrected chi connectivity index (χ1v) is 7.02. The number of methoxy groups -OCH3 is 1. The molecule has 0 spiro atoms. The minimum Gasteiger partial charge on any atom is -0.495 e. The van der Waals surface area contributed by atoms with Gasteiger partial charge in [-0.3, -0.25) is 4.79 Å². The van der Waals surface area contributed by atoms with Crippen molar-refractivity contribution >= 4 is 16.7 Å². The number of hydrogen-bond acceptors (Lipinski definition) is 3. The molecular formula is C16H20N2O2. The molecule has 0 saturated heterocycles. The van der Waals surface area contributed by atoms with Crippen LogP contribution in [0.1, 0.15) is 28.9 Å². The lowest BCUT2D eigenvalue weighted by atomic mass is 10.1. The fourth-order valence-electron chi connectivity index (χ4n) is 2.73. The largest absolute Gasteiger partial charge is 0.495 e. The SMILES string of the molecule is COc1cccc2c(C(=O)CNC3CC3)c(C)n(C)c12. The molecule has 1 aromatic carbocycles. The van der Waals surface area contributed by atoms with Crippen LogP contribution in [0.3, 0.4) is 0 Å². The third-order valence-electron chi connectivity index (χ3n) is 4.10. The number of Topliss-reactive ketones (excluding diaryl/α,β-unsaturated/α-hetero) is 1. The fourth-order valence-corrected chi connectivity index (χ4v) is 2.73. The van der Waals surface area contributed by atoms with Crippen molar-refractivity contribution in [1.29, 1.82) is 0 Å². The van der Waals surface area contributed by atoms with E-state index in [2.05, 4.69) is 5.32 Å². The summed E-state index contributed by atoms with van der Waals surface area (Å²) >= 11 is 0. The minimum atomic E-state index is 0.160. The molecule has 20 heavy (non-hydrogen) atoms. The summed E-state index contributed by atoms with van der Waals surface area (Å²) in [4.78, 5) is 12.5. The molecule has 1 N–H and O–H groups in total. The Labute approximate surface area is 118 Å². The summed E-state index contributed by atoms with van der Waals surface area (Å²) in [5.41, 5.74) is 2.80. The molecule has 0 atom stereocenters. The number of aryl methyl sites for hydroxylation is 1. The lowest BCUT2D eigenvalue weighted by Crippen LogP contribution is -2.25. The third kappa shape index (κ3) is 2.10. The van der Waals surface area contributed by atoms with Crippen molar-refractivity contribution in [3.63, 3.8) is 0 Å². The number of nitrogens with one attached hydrogen (secondary N) is 1. The number of ether oxygens (including phenoxy) is 1. The summed E-state index contributed by atoms with van der Waals surface area (Å²) in [7, 11) is 3.64. The zero-order chi connectivity index (χ0) is 14.3. The van der Waals surface area contributed by atoms with Crippen molar-refractivity contribution in [1.82, 2.24) is 9.88 Å². The lowest BCUT2D eigenvalue weighted by Gasteiger charge is -2.04. The molecular weight excluding hydrogens is 252 g/mol. The third-order valence-corrected chi connectivity index (χ3v) is 4.10. The van der Waals surface area contributed by atoms with E-state index in [0.29, 0.717) is 12.6 Å². The lowest BCUT2D eigenvalue weighted by molar-refractivity contribution is 0.0991. The molecule has 0 unspecified atom stereocenters. The highest BCUT2D eigenvalue weighted by molar-refractivity contribution is 6.11. The number of aromatic nitrogens is 1. The molecule has 1 fully saturated rings. The van der Waals surface area contributed by atoms with Gasteiger partial charge in [-0.15, -0.1) is 0 Å². The van der Waals surface area contributed by atoms with Crippen molar-refractivity contribution in [2.45, 2.75) is 25.8 Å². The summed E-state index contributed by atoms with van der Waals surface area (Å²) in [5, 5.41) is 4.27. The number of benzene rings is 1. The quantitative estimate of drug-likeness (QED) is 0.850. The van der Waals surface area contributed by atoms with E-state index in [1.165, 1.54) is 12.8 Å². The minimum absolute atomic E-state index is 0.160. The second kappa shape index (κ2) is 4.94. The van der Waals surface area contributed by atoms with E-state index >= 15 is 0 Å². The van der Waals surface area contributed by atoms with Crippen LogP contribution in [0.2, 0.25) is 0 Å². The van der Waals surface area contributed by atoms with Gasteiger partial charge in [-0.1, -0.05) is 12.1 Å². The number of nitrogens with zero attached hydrogens (tertiary/aromatic N) is 1. The van der Waals surface area contributed by atoms with Crippen LogP contribution in [0.15, 0.2) is 18.2 Å². The molecule has 0 radical (unpaired) electrons. The van der Waals surface area contributed by atoms with E-state index in [-0.39, 0.29) is 5.78 Å². The van der Waals surface area contributed by atoms with E-state index in [9.17, 15) is 4.79 Å². The average Bonchev–Trinajstić information content (AvgIpc) is 3.24. The Hall–Kier alpha value is -1.81. The van der Waals surface area contributed by atoms with Crippen LogP contribution in [0.25, 0.3) is 10.9 Å². The molecule has 4 nitrogen and oxygen atoms in total. The van der Waals surface area contributed by atoms with Gasteiger partial charge in [0.25, 0.3) is 0 Å². The predicted octanol–water partition coefficient (Wildman–Crippen LogP) is 2.43. The van der Waals surface area contributed by atoms with Crippen molar-refractivity contribution < 1.29 is 9.53 Å². The normalized spacial score (nSPS) is 14.8. The molecule has 1 aromatic heterocycles. The second-order valence-electron chi connectivity index (χ2n) is 5.45. The number of carbonyl (C=O) groups excluding carboxylic acids is 1. The first-order chi connectivity index (χ1) is 9.63. The zero-order valence-electron chi connectivity index (χ0n) is 12.2. The molecule has 0 bridgehead atoms. The Bertz CT molecular complexity index is 669. The number of carbonyl (C=O) groups is 1. The molecule has 1 aliphatic rings. The van der Waals surface area contributed by atoms with Gasteiger partial charge in [0, 0.05) is 29.7 Å². The Balaban J connectivity index is 2.05. The number of rotatable bonds is 5. The molecule has 3 rings (SSSR count). The molecule has 4 heteroatoms. The number of ketones is 1. The van der Waals surface area contributed by atoms with E-state index in [4.69, 9.17) is 4.74 Å². The molecule has 0 amide bonds. The van der Waals surface area contributed by atoms with Crippen LogP contribution in [0.4, 0.5) is 0 Å². The van der Waals surface area contributed by atoms with E-state index in [0.717, 1.165) is 27.9 Å². The highest BCUT2D eigenvalue weighted by Gasteiger charge is 2.24. The number of hydrogen-bond donors (Lipinski definition) is 1. The smallest absolute Gasteiger partial charge is 0.179 e. The summed E-state index contributed by atoms with van der Waals surface area (Å²) in [6, 6.07) is 6.41. The Morgan fingerprint density at radius 2 is 2.20 bits per heavy atom. The monoisotopic (exact) mass is 272 g/mol. The van der Waals surface area contributed by atoms with Crippen molar-refractivity contribution in [2.24, 2.45) is 7.05 Å². The van der Waals surface area contributed by atoms with E-state index in [1.807, 2.05) is 36.7 Å². The summed E-state index contributed by atoms with van der Waals surface area (Å²) in [5.74, 6) is 0.968. The molecule has 0 aliphatic heterocycles. The van der Waals surface area contributed by atoms with Crippen LogP contribution in [0, 0.1) is 6.92 Å². The maximum atomic E-state index is 12.5. The predicted molar refractivity (Wildman–Crippen MR) is 79.6 cm³/mol. The molecule has 1 heterocycles. The van der Waals surface area contributed by atoms with Gasteiger partial charge in [-0.2, -0.15) is 0 Å². The first kappa shape index (κ1) is 13.2. The topological polar surface area (TPSA) is 43.3 Å². The van der Waals surface area contributed by atoms with Crippen LogP contribution < -0.4 is 10.1 Å². The Kier molecular flexibility index (Phi) is 3.26. The average molecular weight is 272 g/mol. The zero-order valence-corrected chi connectivity index (χ0v) is 12.2. The van der Waals surface area contributed by atoms with Gasteiger partial charge in [-0.25, -0.2) is 0 Å².